The lowest BCUT2D eigenvalue weighted by molar-refractivity contribution is -0.122. The quantitative estimate of drug-likeness (QED) is 0.737. The largest absolute Gasteiger partial charge is 0.373 e. The first-order valence-corrected chi connectivity index (χ1v) is 10.4. The molecule has 1 saturated heterocycles. The number of rotatable bonds is 3. The molecule has 6 nitrogen and oxygen atoms in total. The van der Waals surface area contributed by atoms with Crippen molar-refractivity contribution in [2.45, 2.75) is 63.6 Å². The van der Waals surface area contributed by atoms with Gasteiger partial charge in [-0.3, -0.25) is 14.5 Å². The van der Waals surface area contributed by atoms with Crippen LogP contribution in [0.25, 0.3) is 0 Å². The Balaban J connectivity index is 1.34. The van der Waals surface area contributed by atoms with Crippen LogP contribution in [-0.2, 0) is 16.0 Å². The molecular weight excluding hydrogens is 359 g/mol. The molecule has 0 radical (unpaired) electrons. The van der Waals surface area contributed by atoms with Crippen LogP contribution in [0.1, 0.15) is 43.2 Å². The molecule has 0 aromatic heterocycles. The Bertz CT molecular complexity index is 738. The summed E-state index contributed by atoms with van der Waals surface area (Å²) < 4.78 is 14.1. The normalized spacial score (nSPS) is 28.1. The molecule has 0 spiro atoms. The van der Waals surface area contributed by atoms with Crippen LogP contribution in [0.4, 0.5) is 10.1 Å². The van der Waals surface area contributed by atoms with Crippen molar-refractivity contribution >= 4 is 17.5 Å². The predicted molar refractivity (Wildman–Crippen MR) is 106 cm³/mol. The number of benzene rings is 1. The van der Waals surface area contributed by atoms with Crippen LogP contribution in [0, 0.1) is 12.7 Å². The summed E-state index contributed by atoms with van der Waals surface area (Å²) in [6.45, 7) is 4.28. The highest BCUT2D eigenvalue weighted by Crippen LogP contribution is 2.32. The van der Waals surface area contributed by atoms with Crippen molar-refractivity contribution in [3.05, 3.63) is 29.1 Å². The number of aryl methyl sites for hydroxylation is 1. The molecule has 1 aromatic rings. The number of nitrogens with zero attached hydrogens (tertiary/aromatic N) is 1. The van der Waals surface area contributed by atoms with Gasteiger partial charge in [0.15, 0.2) is 0 Å². The lowest BCUT2D eigenvalue weighted by Gasteiger charge is -2.37. The maximum atomic E-state index is 14.1. The standard InChI is InChI=1S/C21H29FN4O2/c1-13-5-6-17(22)16-12-18(25-20(13)16)21(28)24-14-3-2-4-15(11-14)26-9-7-19(27)23-8-10-26/h5-6,14-15,18,25H,2-4,7-12H2,1H3,(H,23,27)(H,24,28)/t14-,15?,18?/m1/s1. The van der Waals surface area contributed by atoms with Gasteiger partial charge in [-0.25, -0.2) is 4.39 Å². The molecule has 152 valence electrons. The number of hydrogen-bond donors (Lipinski definition) is 3. The van der Waals surface area contributed by atoms with Crippen LogP contribution in [0.15, 0.2) is 12.1 Å². The molecule has 3 atom stereocenters. The molecule has 0 bridgehead atoms. The number of nitrogens with one attached hydrogen (secondary N) is 3. The van der Waals surface area contributed by atoms with Crippen LogP contribution in [0.3, 0.4) is 0 Å². The molecule has 2 unspecified atom stereocenters. The predicted octanol–water partition coefficient (Wildman–Crippen LogP) is 1.72. The van der Waals surface area contributed by atoms with E-state index in [1.807, 2.05) is 6.92 Å². The van der Waals surface area contributed by atoms with Gasteiger partial charge in [-0.1, -0.05) is 6.07 Å². The zero-order valence-corrected chi connectivity index (χ0v) is 16.4. The van der Waals surface area contributed by atoms with E-state index in [2.05, 4.69) is 20.9 Å². The zero-order chi connectivity index (χ0) is 19.7. The Morgan fingerprint density at radius 1 is 1.29 bits per heavy atom. The van der Waals surface area contributed by atoms with Crippen molar-refractivity contribution in [2.24, 2.45) is 0 Å². The Morgan fingerprint density at radius 2 is 2.14 bits per heavy atom. The Kier molecular flexibility index (Phi) is 5.53. The minimum absolute atomic E-state index is 0.0478. The number of hydrogen-bond acceptors (Lipinski definition) is 4. The van der Waals surface area contributed by atoms with Crippen molar-refractivity contribution in [1.82, 2.24) is 15.5 Å². The molecule has 4 rings (SSSR count). The summed E-state index contributed by atoms with van der Waals surface area (Å²) in [6, 6.07) is 3.34. The van der Waals surface area contributed by atoms with Gasteiger partial charge in [-0.2, -0.15) is 0 Å². The van der Waals surface area contributed by atoms with Gasteiger partial charge in [0.1, 0.15) is 11.9 Å². The van der Waals surface area contributed by atoms with Crippen molar-refractivity contribution in [3.63, 3.8) is 0 Å². The van der Waals surface area contributed by atoms with Gasteiger partial charge in [0.05, 0.1) is 0 Å². The van der Waals surface area contributed by atoms with Crippen molar-refractivity contribution in [1.29, 1.82) is 0 Å². The smallest absolute Gasteiger partial charge is 0.243 e. The summed E-state index contributed by atoms with van der Waals surface area (Å²) in [7, 11) is 0. The summed E-state index contributed by atoms with van der Waals surface area (Å²) in [4.78, 5) is 26.8. The highest BCUT2D eigenvalue weighted by molar-refractivity contribution is 5.88. The van der Waals surface area contributed by atoms with Gasteiger partial charge in [0.25, 0.3) is 0 Å². The van der Waals surface area contributed by atoms with Crippen LogP contribution in [0.2, 0.25) is 0 Å². The first-order valence-electron chi connectivity index (χ1n) is 10.4. The fourth-order valence-electron chi connectivity index (χ4n) is 4.81. The number of carbonyl (C=O) groups excluding carboxylic acids is 2. The molecule has 3 aliphatic rings. The minimum atomic E-state index is -0.411. The first-order chi connectivity index (χ1) is 13.5. The second-order valence-electron chi connectivity index (χ2n) is 8.28. The lowest BCUT2D eigenvalue weighted by atomic mass is 9.89. The zero-order valence-electron chi connectivity index (χ0n) is 16.4. The maximum Gasteiger partial charge on any atom is 0.243 e. The third kappa shape index (κ3) is 3.99. The van der Waals surface area contributed by atoms with Gasteiger partial charge in [-0.15, -0.1) is 0 Å². The number of amides is 2. The molecule has 2 amide bonds. The van der Waals surface area contributed by atoms with Gasteiger partial charge < -0.3 is 16.0 Å². The third-order valence-electron chi connectivity index (χ3n) is 6.36. The van der Waals surface area contributed by atoms with Crippen molar-refractivity contribution < 1.29 is 14.0 Å². The van der Waals surface area contributed by atoms with E-state index in [9.17, 15) is 14.0 Å². The van der Waals surface area contributed by atoms with E-state index in [1.165, 1.54) is 6.07 Å². The van der Waals surface area contributed by atoms with Gasteiger partial charge in [-0.05, 0) is 44.2 Å². The topological polar surface area (TPSA) is 73.5 Å². The first kappa shape index (κ1) is 19.2. The van der Waals surface area contributed by atoms with E-state index >= 15 is 0 Å². The van der Waals surface area contributed by atoms with Crippen molar-refractivity contribution in [3.8, 4) is 0 Å². The lowest BCUT2D eigenvalue weighted by Crippen LogP contribution is -2.49. The third-order valence-corrected chi connectivity index (χ3v) is 6.36. The number of carbonyl (C=O) groups is 2. The fourth-order valence-corrected chi connectivity index (χ4v) is 4.81. The van der Waals surface area contributed by atoms with Crippen molar-refractivity contribution in [2.75, 3.05) is 25.0 Å². The average Bonchev–Trinajstić information content (AvgIpc) is 3.04. The fraction of sp³-hybridized carbons (Fsp3) is 0.619. The molecule has 2 aliphatic heterocycles. The highest BCUT2D eigenvalue weighted by atomic mass is 19.1. The summed E-state index contributed by atoms with van der Waals surface area (Å²) >= 11 is 0. The summed E-state index contributed by atoms with van der Waals surface area (Å²) in [5.41, 5.74) is 2.35. The van der Waals surface area contributed by atoms with E-state index in [1.54, 1.807) is 6.07 Å². The Morgan fingerprint density at radius 3 is 2.96 bits per heavy atom. The second kappa shape index (κ2) is 8.07. The molecule has 28 heavy (non-hydrogen) atoms. The molecule has 1 saturated carbocycles. The molecule has 1 aromatic carbocycles. The molecule has 1 aliphatic carbocycles. The van der Waals surface area contributed by atoms with Crippen LogP contribution in [-0.4, -0.2) is 54.5 Å². The Hall–Kier alpha value is -2.15. The van der Waals surface area contributed by atoms with E-state index in [0.717, 1.165) is 50.0 Å². The number of halogens is 1. The minimum Gasteiger partial charge on any atom is -0.373 e. The molecule has 7 heteroatoms. The Labute approximate surface area is 165 Å². The van der Waals surface area contributed by atoms with Crippen LogP contribution < -0.4 is 16.0 Å². The van der Waals surface area contributed by atoms with Gasteiger partial charge >= 0.3 is 0 Å². The van der Waals surface area contributed by atoms with Gasteiger partial charge in [0, 0.05) is 55.8 Å². The summed E-state index contributed by atoms with van der Waals surface area (Å²) in [5, 5.41) is 9.33. The van der Waals surface area contributed by atoms with Gasteiger partial charge in [0.2, 0.25) is 11.8 Å². The van der Waals surface area contributed by atoms with E-state index < -0.39 is 6.04 Å². The maximum absolute atomic E-state index is 14.1. The van der Waals surface area contributed by atoms with E-state index in [0.29, 0.717) is 31.0 Å². The van der Waals surface area contributed by atoms with Crippen LogP contribution in [0.5, 0.6) is 0 Å². The number of anilines is 1. The highest BCUT2D eigenvalue weighted by Gasteiger charge is 2.33. The number of fused-ring (bicyclic) bond motifs is 1. The summed E-state index contributed by atoms with van der Waals surface area (Å²) in [6.07, 6.45) is 5.00. The SMILES string of the molecule is Cc1ccc(F)c2c1NC(C(=O)N[C@@H]1CCCC(N3CCNC(=O)CC3)C1)C2. The average molecular weight is 388 g/mol. The van der Waals surface area contributed by atoms with E-state index in [4.69, 9.17) is 0 Å². The molecular formula is C21H29FN4O2. The van der Waals surface area contributed by atoms with E-state index in [-0.39, 0.29) is 23.7 Å². The monoisotopic (exact) mass is 388 g/mol. The van der Waals surface area contributed by atoms with Crippen LogP contribution >= 0.6 is 0 Å². The second-order valence-corrected chi connectivity index (χ2v) is 8.28. The molecule has 2 heterocycles. The summed E-state index contributed by atoms with van der Waals surface area (Å²) in [5.74, 6) is -0.170. The molecule has 2 fully saturated rings. The molecule has 3 N–H and O–H groups in total.